The Bertz CT molecular complexity index is 1140. The molecule has 5 rings (SSSR count). The fourth-order valence-corrected chi connectivity index (χ4v) is 6.79. The van der Waals surface area contributed by atoms with Crippen molar-refractivity contribution >= 4 is 35.0 Å². The second-order valence-electron chi connectivity index (χ2n) is 10.6. The number of aryl methyl sites for hydroxylation is 1. The minimum absolute atomic E-state index is 0.000857. The molecule has 3 aliphatic rings. The van der Waals surface area contributed by atoms with E-state index in [1.165, 1.54) is 11.8 Å². The van der Waals surface area contributed by atoms with Gasteiger partial charge in [0.25, 0.3) is 0 Å². The molecule has 3 fully saturated rings. The van der Waals surface area contributed by atoms with Crippen LogP contribution in [0.3, 0.4) is 0 Å². The van der Waals surface area contributed by atoms with Crippen LogP contribution in [0, 0.1) is 17.8 Å². The van der Waals surface area contributed by atoms with Crippen molar-refractivity contribution in [2.24, 2.45) is 16.6 Å². The van der Waals surface area contributed by atoms with Crippen molar-refractivity contribution in [3.63, 3.8) is 0 Å². The molecule has 0 unspecified atom stereocenters. The lowest BCUT2D eigenvalue weighted by Crippen LogP contribution is -2.60. The highest BCUT2D eigenvalue weighted by Gasteiger charge is 2.48. The molecule has 3 saturated heterocycles. The number of aliphatic hydroxyl groups excluding tert-OH is 2. The molecule has 37 heavy (non-hydrogen) atoms. The first kappa shape index (κ1) is 26.8. The number of halogens is 2. The minimum Gasteiger partial charge on any atom is -0.396 e. The predicted octanol–water partition coefficient (Wildman–Crippen LogP) is 2.58. The lowest BCUT2D eigenvalue weighted by atomic mass is 9.73. The zero-order valence-corrected chi connectivity index (χ0v) is 22.7. The number of nitrogens with zero attached hydrogens (tertiary/aromatic N) is 5. The van der Waals surface area contributed by atoms with Crippen LogP contribution in [0.5, 0.6) is 0 Å². The zero-order chi connectivity index (χ0) is 26.4. The van der Waals surface area contributed by atoms with Gasteiger partial charge in [-0.2, -0.15) is 0 Å². The molecule has 2 atom stereocenters. The van der Waals surface area contributed by atoms with Crippen LogP contribution in [0.4, 0.5) is 16.0 Å². The van der Waals surface area contributed by atoms with E-state index >= 15 is 0 Å². The average Bonchev–Trinajstić information content (AvgIpc) is 3.15. The number of aliphatic hydroxyl groups is 2. The van der Waals surface area contributed by atoms with Gasteiger partial charge in [0.2, 0.25) is 0 Å². The number of ether oxygens (including phenoxy) is 1. The number of nitrogens with two attached hydrogens (primary N) is 1. The molecule has 2 aromatic rings. The van der Waals surface area contributed by atoms with Gasteiger partial charge < -0.3 is 30.5 Å². The molecule has 0 aromatic carbocycles. The van der Waals surface area contributed by atoms with Gasteiger partial charge in [-0.15, -0.1) is 0 Å². The van der Waals surface area contributed by atoms with E-state index in [4.69, 9.17) is 32.0 Å². The van der Waals surface area contributed by atoms with Crippen LogP contribution in [0.1, 0.15) is 31.2 Å². The van der Waals surface area contributed by atoms with Gasteiger partial charge in [0.05, 0.1) is 42.1 Å². The summed E-state index contributed by atoms with van der Waals surface area (Å²) in [5.41, 5.74) is 6.98. The Morgan fingerprint density at radius 3 is 2.54 bits per heavy atom. The van der Waals surface area contributed by atoms with Crippen LogP contribution in [-0.4, -0.2) is 83.4 Å². The standard InChI is InChI=1S/C25H34ClFN6O3S/c1-15-23(37-18-3-6-29-22(19(18)26)33-11-24(10-27,12-33)13-35)31-17(9-34)21(30-15)32-7-4-25(5-8-32)14-36-16(2)20(25)28/h3,6,16,20,34-35H,4-5,7-14,28H2,1-2H3/t16-,20+/m0/s1. The molecule has 0 saturated carbocycles. The van der Waals surface area contributed by atoms with Crippen molar-refractivity contribution in [3.05, 3.63) is 28.7 Å². The summed E-state index contributed by atoms with van der Waals surface area (Å²) in [6.07, 6.45) is 3.54. The van der Waals surface area contributed by atoms with E-state index < -0.39 is 12.1 Å². The molecule has 0 amide bonds. The third kappa shape index (κ3) is 4.79. The number of anilines is 2. The number of alkyl halides is 1. The third-order valence-electron chi connectivity index (χ3n) is 8.15. The smallest absolute Gasteiger partial charge is 0.153 e. The highest BCUT2D eigenvalue weighted by molar-refractivity contribution is 7.99. The van der Waals surface area contributed by atoms with Crippen LogP contribution < -0.4 is 15.5 Å². The molecule has 0 radical (unpaired) electrons. The van der Waals surface area contributed by atoms with Crippen LogP contribution in [0.25, 0.3) is 0 Å². The SMILES string of the molecule is Cc1nc(N2CCC3(CC2)CO[C@@H](C)[C@H]3N)c(CO)nc1Sc1ccnc(N2CC(CO)(CF)C2)c1Cl. The molecule has 0 bridgehead atoms. The second kappa shape index (κ2) is 10.4. The van der Waals surface area contributed by atoms with Gasteiger partial charge in [-0.1, -0.05) is 23.4 Å². The molecule has 1 spiro atoms. The molecule has 202 valence electrons. The number of hydrogen-bond acceptors (Lipinski definition) is 10. The van der Waals surface area contributed by atoms with Crippen molar-refractivity contribution in [3.8, 4) is 0 Å². The van der Waals surface area contributed by atoms with Crippen molar-refractivity contribution in [2.75, 3.05) is 55.9 Å². The van der Waals surface area contributed by atoms with Crippen LogP contribution in [0.15, 0.2) is 22.2 Å². The van der Waals surface area contributed by atoms with Gasteiger partial charge in [-0.05, 0) is 32.8 Å². The summed E-state index contributed by atoms with van der Waals surface area (Å²) in [6.45, 7) is 5.87. The van der Waals surface area contributed by atoms with Gasteiger partial charge in [0.15, 0.2) is 5.82 Å². The maximum Gasteiger partial charge on any atom is 0.153 e. The summed E-state index contributed by atoms with van der Waals surface area (Å²) < 4.78 is 19.2. The maximum atomic E-state index is 13.3. The first-order valence-electron chi connectivity index (χ1n) is 12.6. The van der Waals surface area contributed by atoms with Gasteiger partial charge in [0.1, 0.15) is 23.2 Å². The van der Waals surface area contributed by atoms with Crippen molar-refractivity contribution < 1.29 is 19.3 Å². The highest BCUT2D eigenvalue weighted by atomic mass is 35.5. The molecular weight excluding hydrogens is 519 g/mol. The van der Waals surface area contributed by atoms with Crippen molar-refractivity contribution in [1.82, 2.24) is 15.0 Å². The topological polar surface area (TPSA) is 121 Å². The largest absolute Gasteiger partial charge is 0.396 e. The molecule has 4 N–H and O–H groups in total. The second-order valence-corrected chi connectivity index (χ2v) is 12.0. The average molecular weight is 553 g/mol. The monoisotopic (exact) mass is 552 g/mol. The third-order valence-corrected chi connectivity index (χ3v) is 9.77. The van der Waals surface area contributed by atoms with Gasteiger partial charge in [-0.3, -0.25) is 4.39 Å². The molecule has 12 heteroatoms. The molecule has 3 aliphatic heterocycles. The predicted molar refractivity (Wildman–Crippen MR) is 141 cm³/mol. The van der Waals surface area contributed by atoms with Gasteiger partial charge in [-0.25, -0.2) is 15.0 Å². The molecule has 2 aromatic heterocycles. The summed E-state index contributed by atoms with van der Waals surface area (Å²) in [4.78, 5) is 18.8. The van der Waals surface area contributed by atoms with Gasteiger partial charge in [0, 0.05) is 48.7 Å². The Hall–Kier alpha value is -1.76. The van der Waals surface area contributed by atoms with E-state index in [2.05, 4.69) is 9.88 Å². The molecule has 9 nitrogen and oxygen atoms in total. The van der Waals surface area contributed by atoms with E-state index in [0.29, 0.717) is 47.1 Å². The molecule has 5 heterocycles. The zero-order valence-electron chi connectivity index (χ0n) is 21.2. The van der Waals surface area contributed by atoms with Crippen LogP contribution >= 0.6 is 23.4 Å². The summed E-state index contributed by atoms with van der Waals surface area (Å²) in [5.74, 6) is 1.26. The Labute approximate surface area is 225 Å². The van der Waals surface area contributed by atoms with Crippen molar-refractivity contribution in [2.45, 2.75) is 55.4 Å². The van der Waals surface area contributed by atoms with E-state index in [-0.39, 0.29) is 30.8 Å². The minimum atomic E-state index is -0.746. The lowest BCUT2D eigenvalue weighted by molar-refractivity contribution is 0.0644. The van der Waals surface area contributed by atoms with Crippen molar-refractivity contribution in [1.29, 1.82) is 0 Å². The van der Waals surface area contributed by atoms with Gasteiger partial charge >= 0.3 is 0 Å². The van der Waals surface area contributed by atoms with E-state index in [1.807, 2.05) is 18.7 Å². The lowest BCUT2D eigenvalue weighted by Gasteiger charge is -2.48. The summed E-state index contributed by atoms with van der Waals surface area (Å²) in [6, 6.07) is 1.83. The van der Waals surface area contributed by atoms with Crippen LogP contribution in [0.2, 0.25) is 5.02 Å². The first-order valence-corrected chi connectivity index (χ1v) is 13.8. The fourth-order valence-electron chi connectivity index (χ4n) is 5.58. The van der Waals surface area contributed by atoms with E-state index in [1.54, 1.807) is 12.3 Å². The summed E-state index contributed by atoms with van der Waals surface area (Å²) >= 11 is 8.06. The quantitative estimate of drug-likeness (QED) is 0.472. The Balaban J connectivity index is 1.32. The highest BCUT2D eigenvalue weighted by Crippen LogP contribution is 2.44. The van der Waals surface area contributed by atoms with E-state index in [9.17, 15) is 14.6 Å². The number of aromatic nitrogens is 3. The van der Waals surface area contributed by atoms with Crippen LogP contribution in [-0.2, 0) is 11.3 Å². The Kier molecular flexibility index (Phi) is 7.56. The number of rotatable bonds is 7. The molecule has 0 aliphatic carbocycles. The number of hydrogen-bond donors (Lipinski definition) is 3. The Morgan fingerprint density at radius 2 is 1.95 bits per heavy atom. The number of pyridine rings is 1. The Morgan fingerprint density at radius 1 is 1.22 bits per heavy atom. The normalized spacial score (nSPS) is 24.5. The number of piperidine rings is 1. The fraction of sp³-hybridized carbons (Fsp3) is 0.640. The summed E-state index contributed by atoms with van der Waals surface area (Å²) in [7, 11) is 0. The molecular formula is C25H34ClFN6O3S. The summed E-state index contributed by atoms with van der Waals surface area (Å²) in [5, 5.41) is 20.8. The van der Waals surface area contributed by atoms with E-state index in [0.717, 1.165) is 36.5 Å². The first-order chi connectivity index (χ1) is 17.7. The maximum absolute atomic E-state index is 13.3.